The zero-order chi connectivity index (χ0) is 10.1. The largest absolute Gasteiger partial charge is 0.388 e. The smallest absolute Gasteiger partial charge is 0.270 e. The first-order valence-electron chi connectivity index (χ1n) is 4.47. The minimum absolute atomic E-state index is 0.189. The molecule has 0 aromatic carbocycles. The minimum Gasteiger partial charge on any atom is -0.388 e. The summed E-state index contributed by atoms with van der Waals surface area (Å²) >= 11 is 0. The fraction of sp³-hybridized carbons (Fsp3) is 0.444. The van der Waals surface area contributed by atoms with Gasteiger partial charge in [-0.1, -0.05) is 0 Å². The molecule has 3 N–H and O–H groups in total. The molecule has 1 aliphatic heterocycles. The lowest BCUT2D eigenvalue weighted by Gasteiger charge is -2.13. The van der Waals surface area contributed by atoms with Crippen LogP contribution in [0.2, 0.25) is 0 Å². The number of nitrogens with one attached hydrogen (secondary N) is 1. The zero-order valence-electron chi connectivity index (χ0n) is 7.55. The molecule has 1 aliphatic rings. The Balaban J connectivity index is 2.07. The van der Waals surface area contributed by atoms with Gasteiger partial charge in [0.15, 0.2) is 0 Å². The molecule has 0 saturated carbocycles. The monoisotopic (exact) mass is 196 g/mol. The maximum atomic E-state index is 11.7. The molecule has 1 saturated heterocycles. The van der Waals surface area contributed by atoms with Crippen LogP contribution in [0.4, 0.5) is 0 Å². The Morgan fingerprint density at radius 2 is 2.07 bits per heavy atom. The van der Waals surface area contributed by atoms with Crippen LogP contribution in [0.25, 0.3) is 0 Å². The number of carbonyl (C=O) groups is 1. The SMILES string of the molecule is O=C(c1ccc[nH]1)N1CC(O)C(O)C1. The van der Waals surface area contributed by atoms with Gasteiger partial charge in [0.1, 0.15) is 5.69 Å². The van der Waals surface area contributed by atoms with Crippen molar-refractivity contribution in [2.24, 2.45) is 0 Å². The lowest BCUT2D eigenvalue weighted by atomic mass is 10.3. The third kappa shape index (κ3) is 1.51. The first kappa shape index (κ1) is 9.23. The molecular formula is C9H12N2O3. The number of H-pyrrole nitrogens is 1. The van der Waals surface area contributed by atoms with Gasteiger partial charge in [-0.2, -0.15) is 0 Å². The Kier molecular flexibility index (Phi) is 2.26. The van der Waals surface area contributed by atoms with Gasteiger partial charge < -0.3 is 20.1 Å². The van der Waals surface area contributed by atoms with Gasteiger partial charge in [0.05, 0.1) is 12.2 Å². The summed E-state index contributed by atoms with van der Waals surface area (Å²) in [5, 5.41) is 18.5. The highest BCUT2D eigenvalue weighted by Crippen LogP contribution is 2.12. The van der Waals surface area contributed by atoms with Gasteiger partial charge in [-0.05, 0) is 12.1 Å². The van der Waals surface area contributed by atoms with Crippen molar-refractivity contribution >= 4 is 5.91 Å². The van der Waals surface area contributed by atoms with E-state index in [1.165, 1.54) is 4.90 Å². The standard InChI is InChI=1S/C9H12N2O3/c12-7-4-11(5-8(7)13)9(14)6-2-1-3-10-6/h1-3,7-8,10,12-13H,4-5H2. The van der Waals surface area contributed by atoms with E-state index in [4.69, 9.17) is 0 Å². The molecule has 2 unspecified atom stereocenters. The molecule has 1 amide bonds. The van der Waals surface area contributed by atoms with Crippen molar-refractivity contribution in [3.63, 3.8) is 0 Å². The summed E-state index contributed by atoms with van der Waals surface area (Å²) in [5.74, 6) is -0.189. The highest BCUT2D eigenvalue weighted by atomic mass is 16.3. The molecule has 2 rings (SSSR count). The molecule has 0 spiro atoms. The van der Waals surface area contributed by atoms with Crippen molar-refractivity contribution in [3.8, 4) is 0 Å². The second kappa shape index (κ2) is 3.43. The van der Waals surface area contributed by atoms with Crippen LogP contribution in [0.15, 0.2) is 18.3 Å². The summed E-state index contributed by atoms with van der Waals surface area (Å²) in [5.41, 5.74) is 0.478. The third-order valence-electron chi connectivity index (χ3n) is 2.37. The van der Waals surface area contributed by atoms with Crippen LogP contribution < -0.4 is 0 Å². The average molecular weight is 196 g/mol. The highest BCUT2D eigenvalue weighted by Gasteiger charge is 2.33. The summed E-state index contributed by atoms with van der Waals surface area (Å²) in [6.07, 6.45) is 0.0127. The normalized spacial score (nSPS) is 26.9. The van der Waals surface area contributed by atoms with E-state index in [-0.39, 0.29) is 19.0 Å². The van der Waals surface area contributed by atoms with Gasteiger partial charge in [-0.25, -0.2) is 0 Å². The van der Waals surface area contributed by atoms with Crippen LogP contribution >= 0.6 is 0 Å². The molecule has 5 nitrogen and oxygen atoms in total. The van der Waals surface area contributed by atoms with E-state index in [1.807, 2.05) is 0 Å². The topological polar surface area (TPSA) is 76.6 Å². The van der Waals surface area contributed by atoms with Gasteiger partial charge >= 0.3 is 0 Å². The van der Waals surface area contributed by atoms with Crippen molar-refractivity contribution in [1.29, 1.82) is 0 Å². The zero-order valence-corrected chi connectivity index (χ0v) is 7.55. The number of aliphatic hydroxyl groups excluding tert-OH is 2. The highest BCUT2D eigenvalue weighted by molar-refractivity contribution is 5.92. The Bertz CT molecular complexity index is 313. The number of nitrogens with zero attached hydrogens (tertiary/aromatic N) is 1. The van der Waals surface area contributed by atoms with Crippen molar-refractivity contribution in [1.82, 2.24) is 9.88 Å². The Morgan fingerprint density at radius 1 is 1.43 bits per heavy atom. The number of aromatic amines is 1. The van der Waals surface area contributed by atoms with Crippen LogP contribution in [0.5, 0.6) is 0 Å². The van der Waals surface area contributed by atoms with E-state index < -0.39 is 12.2 Å². The van der Waals surface area contributed by atoms with Crippen molar-refractivity contribution in [2.75, 3.05) is 13.1 Å². The molecule has 1 aromatic rings. The van der Waals surface area contributed by atoms with E-state index in [0.29, 0.717) is 5.69 Å². The summed E-state index contributed by atoms with van der Waals surface area (Å²) in [6, 6.07) is 3.40. The maximum Gasteiger partial charge on any atom is 0.270 e. The first-order chi connectivity index (χ1) is 6.68. The van der Waals surface area contributed by atoms with Crippen LogP contribution in [-0.4, -0.2) is 51.3 Å². The molecule has 14 heavy (non-hydrogen) atoms. The Hall–Kier alpha value is -1.33. The molecule has 0 aliphatic carbocycles. The second-order valence-corrected chi connectivity index (χ2v) is 3.43. The number of aliphatic hydroxyl groups is 2. The lowest BCUT2D eigenvalue weighted by Crippen LogP contribution is -2.29. The number of likely N-dealkylation sites (tertiary alicyclic amines) is 1. The predicted molar refractivity (Wildman–Crippen MR) is 48.7 cm³/mol. The van der Waals surface area contributed by atoms with Crippen molar-refractivity contribution in [3.05, 3.63) is 24.0 Å². The van der Waals surface area contributed by atoms with E-state index in [0.717, 1.165) is 0 Å². The number of amides is 1. The minimum atomic E-state index is -0.825. The van der Waals surface area contributed by atoms with Gasteiger partial charge in [-0.15, -0.1) is 0 Å². The average Bonchev–Trinajstić information content (AvgIpc) is 2.76. The summed E-state index contributed by atoms with van der Waals surface area (Å²) in [4.78, 5) is 15.9. The number of hydrogen-bond acceptors (Lipinski definition) is 3. The van der Waals surface area contributed by atoms with Crippen LogP contribution in [0.3, 0.4) is 0 Å². The van der Waals surface area contributed by atoms with E-state index in [1.54, 1.807) is 18.3 Å². The number of aromatic nitrogens is 1. The van der Waals surface area contributed by atoms with Gasteiger partial charge in [-0.3, -0.25) is 4.79 Å². The maximum absolute atomic E-state index is 11.7. The fourth-order valence-electron chi connectivity index (χ4n) is 1.57. The molecule has 1 aromatic heterocycles. The van der Waals surface area contributed by atoms with Crippen molar-refractivity contribution < 1.29 is 15.0 Å². The molecule has 1 fully saturated rings. The molecular weight excluding hydrogens is 184 g/mol. The summed E-state index contributed by atoms with van der Waals surface area (Å²) in [7, 11) is 0. The van der Waals surface area contributed by atoms with Gasteiger partial charge in [0.25, 0.3) is 5.91 Å². The lowest BCUT2D eigenvalue weighted by molar-refractivity contribution is 0.0572. The second-order valence-electron chi connectivity index (χ2n) is 3.43. The van der Waals surface area contributed by atoms with Crippen LogP contribution in [0.1, 0.15) is 10.5 Å². The number of hydrogen-bond donors (Lipinski definition) is 3. The Morgan fingerprint density at radius 3 is 2.57 bits per heavy atom. The molecule has 2 heterocycles. The van der Waals surface area contributed by atoms with Gasteiger partial charge in [0, 0.05) is 19.3 Å². The predicted octanol–water partition coefficient (Wildman–Crippen LogP) is -0.808. The first-order valence-corrected chi connectivity index (χ1v) is 4.47. The van der Waals surface area contributed by atoms with E-state index in [9.17, 15) is 15.0 Å². The number of carbonyl (C=O) groups excluding carboxylic acids is 1. The summed E-state index contributed by atoms with van der Waals surface area (Å²) in [6.45, 7) is 0.387. The summed E-state index contributed by atoms with van der Waals surface area (Å²) < 4.78 is 0. The fourth-order valence-corrected chi connectivity index (χ4v) is 1.57. The van der Waals surface area contributed by atoms with Crippen LogP contribution in [0, 0.1) is 0 Å². The van der Waals surface area contributed by atoms with Crippen LogP contribution in [-0.2, 0) is 0 Å². The molecule has 5 heteroatoms. The van der Waals surface area contributed by atoms with Gasteiger partial charge in [0.2, 0.25) is 0 Å². The molecule has 0 radical (unpaired) electrons. The molecule has 76 valence electrons. The molecule has 2 atom stereocenters. The Labute approximate surface area is 81.0 Å². The van der Waals surface area contributed by atoms with E-state index in [2.05, 4.69) is 4.98 Å². The van der Waals surface area contributed by atoms with E-state index >= 15 is 0 Å². The van der Waals surface area contributed by atoms with Crippen molar-refractivity contribution in [2.45, 2.75) is 12.2 Å². The third-order valence-corrected chi connectivity index (χ3v) is 2.37. The number of β-amino-alcohol motifs (C(OH)–C–C–N with tert-alkyl or cyclic N) is 2. The molecule has 0 bridgehead atoms. The quantitative estimate of drug-likeness (QED) is 0.550. The number of rotatable bonds is 1.